The van der Waals surface area contributed by atoms with Gasteiger partial charge in [0.05, 0.1) is 5.02 Å². The van der Waals surface area contributed by atoms with E-state index in [1.165, 1.54) is 10.4 Å². The molecule has 8 heteroatoms. The van der Waals surface area contributed by atoms with E-state index in [4.69, 9.17) is 16.3 Å². The van der Waals surface area contributed by atoms with Gasteiger partial charge in [-0.3, -0.25) is 4.79 Å². The smallest absolute Gasteiger partial charge is 0.251 e. The number of sulfonamides is 1. The molecule has 2 saturated heterocycles. The van der Waals surface area contributed by atoms with Crippen molar-refractivity contribution < 1.29 is 17.9 Å². The van der Waals surface area contributed by atoms with Crippen molar-refractivity contribution in [2.24, 2.45) is 0 Å². The van der Waals surface area contributed by atoms with E-state index in [0.717, 1.165) is 12.8 Å². The maximum absolute atomic E-state index is 12.7. The number of carbonyl (C=O) groups is 1. The lowest BCUT2D eigenvalue weighted by Crippen LogP contribution is -2.52. The number of halogens is 1. The van der Waals surface area contributed by atoms with Crippen LogP contribution in [-0.4, -0.2) is 62.4 Å². The van der Waals surface area contributed by atoms with E-state index in [9.17, 15) is 13.2 Å². The molecule has 1 aromatic carbocycles. The predicted molar refractivity (Wildman–Crippen MR) is 85.8 cm³/mol. The summed E-state index contributed by atoms with van der Waals surface area (Å²) < 4.78 is 32.1. The summed E-state index contributed by atoms with van der Waals surface area (Å²) in [7, 11) is -3.63. The van der Waals surface area contributed by atoms with Crippen molar-refractivity contribution in [2.75, 3.05) is 32.8 Å². The highest BCUT2D eigenvalue weighted by Gasteiger charge is 2.34. The number of rotatable bonds is 3. The molecule has 0 aromatic heterocycles. The molecule has 2 heterocycles. The summed E-state index contributed by atoms with van der Waals surface area (Å²) in [6, 6.07) is 6.41. The Balaban J connectivity index is 1.66. The van der Waals surface area contributed by atoms with Crippen LogP contribution in [0.5, 0.6) is 0 Å². The predicted octanol–water partition coefficient (Wildman–Crippen LogP) is 1.35. The number of nitrogens with zero attached hydrogens (tertiary/aromatic N) is 2. The summed E-state index contributed by atoms with van der Waals surface area (Å²) in [4.78, 5) is 14.1. The van der Waals surface area contributed by atoms with Gasteiger partial charge in [0.25, 0.3) is 5.91 Å². The van der Waals surface area contributed by atoms with Gasteiger partial charge in [-0.25, -0.2) is 8.42 Å². The molecule has 2 fully saturated rings. The monoisotopic (exact) mass is 358 g/mol. The standard InChI is InChI=1S/C15H19ClN2O4S/c16-12-4-1-2-6-14(12)23(20,21)18-9-7-17(8-10-18)15(19)13-5-3-11-22-13/h1-2,4,6,13H,3,5,7-11H2. The van der Waals surface area contributed by atoms with Crippen molar-refractivity contribution >= 4 is 27.5 Å². The molecule has 6 nitrogen and oxygen atoms in total. The first-order valence-electron chi connectivity index (χ1n) is 7.65. The average molecular weight is 359 g/mol. The Kier molecular flexibility index (Phi) is 4.91. The van der Waals surface area contributed by atoms with E-state index in [2.05, 4.69) is 0 Å². The van der Waals surface area contributed by atoms with Crippen molar-refractivity contribution in [3.63, 3.8) is 0 Å². The quantitative estimate of drug-likeness (QED) is 0.818. The largest absolute Gasteiger partial charge is 0.368 e. The molecule has 0 spiro atoms. The van der Waals surface area contributed by atoms with Crippen LogP contribution >= 0.6 is 11.6 Å². The third kappa shape index (κ3) is 3.38. The van der Waals surface area contributed by atoms with Gasteiger partial charge < -0.3 is 9.64 Å². The fraction of sp³-hybridized carbons (Fsp3) is 0.533. The van der Waals surface area contributed by atoms with Crippen LogP contribution in [0, 0.1) is 0 Å². The molecule has 1 amide bonds. The molecular formula is C15H19ClN2O4S. The summed E-state index contributed by atoms with van der Waals surface area (Å²) in [6.45, 7) is 1.92. The van der Waals surface area contributed by atoms with Crippen LogP contribution in [0.4, 0.5) is 0 Å². The SMILES string of the molecule is O=C(C1CCCO1)N1CCN(S(=O)(=O)c2ccccc2Cl)CC1. The summed E-state index contributed by atoms with van der Waals surface area (Å²) in [5, 5.41) is 0.213. The molecule has 0 bridgehead atoms. The lowest BCUT2D eigenvalue weighted by Gasteiger charge is -2.35. The Morgan fingerprint density at radius 2 is 1.87 bits per heavy atom. The number of benzene rings is 1. The summed E-state index contributed by atoms with van der Waals surface area (Å²) in [5.74, 6) is -0.0303. The molecule has 126 valence electrons. The minimum absolute atomic E-state index is 0.0303. The van der Waals surface area contributed by atoms with Crippen LogP contribution in [0.1, 0.15) is 12.8 Å². The molecule has 23 heavy (non-hydrogen) atoms. The molecule has 0 N–H and O–H groups in total. The van der Waals surface area contributed by atoms with Gasteiger partial charge >= 0.3 is 0 Å². The fourth-order valence-electron chi connectivity index (χ4n) is 2.92. The van der Waals surface area contributed by atoms with E-state index in [1.54, 1.807) is 23.1 Å². The topological polar surface area (TPSA) is 66.9 Å². The third-order valence-electron chi connectivity index (χ3n) is 4.21. The van der Waals surface area contributed by atoms with Gasteiger partial charge in [0, 0.05) is 32.8 Å². The maximum Gasteiger partial charge on any atom is 0.251 e. The van der Waals surface area contributed by atoms with Crippen molar-refractivity contribution in [3.05, 3.63) is 29.3 Å². The zero-order valence-electron chi connectivity index (χ0n) is 12.7. The first-order chi connectivity index (χ1) is 11.0. The highest BCUT2D eigenvalue weighted by molar-refractivity contribution is 7.89. The third-order valence-corrected chi connectivity index (χ3v) is 6.61. The average Bonchev–Trinajstić information content (AvgIpc) is 3.09. The zero-order valence-corrected chi connectivity index (χ0v) is 14.2. The van der Waals surface area contributed by atoms with Gasteiger partial charge in [0.15, 0.2) is 0 Å². The second kappa shape index (κ2) is 6.76. The Bertz CT molecular complexity index is 680. The normalized spacial score (nSPS) is 23.2. The molecule has 0 saturated carbocycles. The van der Waals surface area contributed by atoms with Crippen molar-refractivity contribution in [2.45, 2.75) is 23.8 Å². The second-order valence-corrected chi connectivity index (χ2v) is 7.98. The number of piperazine rings is 1. The van der Waals surface area contributed by atoms with Crippen LogP contribution in [0.25, 0.3) is 0 Å². The first-order valence-corrected chi connectivity index (χ1v) is 9.47. The van der Waals surface area contributed by atoms with Crippen molar-refractivity contribution in [1.29, 1.82) is 0 Å². The van der Waals surface area contributed by atoms with Crippen molar-refractivity contribution in [3.8, 4) is 0 Å². The molecule has 1 aromatic rings. The highest BCUT2D eigenvalue weighted by atomic mass is 35.5. The van der Waals surface area contributed by atoms with E-state index in [-0.39, 0.29) is 35.0 Å². The van der Waals surface area contributed by atoms with Crippen LogP contribution in [0.2, 0.25) is 5.02 Å². The Labute approximate surface area is 141 Å². The Hall–Kier alpha value is -1.15. The number of amides is 1. The molecule has 1 unspecified atom stereocenters. The maximum atomic E-state index is 12.7. The van der Waals surface area contributed by atoms with Crippen LogP contribution < -0.4 is 0 Å². The van der Waals surface area contributed by atoms with Crippen LogP contribution in [-0.2, 0) is 19.6 Å². The fourth-order valence-corrected chi connectivity index (χ4v) is 4.83. The van der Waals surface area contributed by atoms with E-state index < -0.39 is 10.0 Å². The van der Waals surface area contributed by atoms with E-state index >= 15 is 0 Å². The van der Waals surface area contributed by atoms with Gasteiger partial charge in [-0.1, -0.05) is 23.7 Å². The number of hydrogen-bond donors (Lipinski definition) is 0. The molecule has 0 radical (unpaired) electrons. The summed E-state index contributed by atoms with van der Waals surface area (Å²) in [6.07, 6.45) is 1.29. The minimum atomic E-state index is -3.63. The second-order valence-electron chi connectivity index (χ2n) is 5.66. The molecule has 2 aliphatic rings. The lowest BCUT2D eigenvalue weighted by atomic mass is 10.2. The van der Waals surface area contributed by atoms with Gasteiger partial charge in [-0.15, -0.1) is 0 Å². The number of carbonyl (C=O) groups excluding carboxylic acids is 1. The highest BCUT2D eigenvalue weighted by Crippen LogP contribution is 2.25. The molecule has 1 atom stereocenters. The zero-order chi connectivity index (χ0) is 16.4. The van der Waals surface area contributed by atoms with E-state index in [1.807, 2.05) is 0 Å². The lowest BCUT2D eigenvalue weighted by molar-refractivity contribution is -0.142. The summed E-state index contributed by atoms with van der Waals surface area (Å²) in [5.41, 5.74) is 0. The molecule has 3 rings (SSSR count). The summed E-state index contributed by atoms with van der Waals surface area (Å²) >= 11 is 6.01. The van der Waals surface area contributed by atoms with Gasteiger partial charge in [-0.2, -0.15) is 4.31 Å². The van der Waals surface area contributed by atoms with E-state index in [0.29, 0.717) is 19.7 Å². The first kappa shape index (κ1) is 16.7. The van der Waals surface area contributed by atoms with Gasteiger partial charge in [0.1, 0.15) is 11.0 Å². The van der Waals surface area contributed by atoms with Gasteiger partial charge in [-0.05, 0) is 25.0 Å². The van der Waals surface area contributed by atoms with Crippen LogP contribution in [0.15, 0.2) is 29.2 Å². The Morgan fingerprint density at radius 1 is 1.17 bits per heavy atom. The Morgan fingerprint density at radius 3 is 2.48 bits per heavy atom. The number of hydrogen-bond acceptors (Lipinski definition) is 4. The molecular weight excluding hydrogens is 340 g/mol. The number of ether oxygens (including phenoxy) is 1. The van der Waals surface area contributed by atoms with Gasteiger partial charge in [0.2, 0.25) is 10.0 Å². The van der Waals surface area contributed by atoms with Crippen LogP contribution in [0.3, 0.4) is 0 Å². The minimum Gasteiger partial charge on any atom is -0.368 e. The molecule has 0 aliphatic carbocycles. The molecule has 2 aliphatic heterocycles. The van der Waals surface area contributed by atoms with Crippen molar-refractivity contribution in [1.82, 2.24) is 9.21 Å².